The van der Waals surface area contributed by atoms with Crippen LogP contribution >= 0.6 is 0 Å². The number of allylic oxidation sites excluding steroid dienone is 2. The van der Waals surface area contributed by atoms with Crippen molar-refractivity contribution in [2.75, 3.05) is 5.73 Å². The van der Waals surface area contributed by atoms with Gasteiger partial charge in [-0.1, -0.05) is 76.2 Å². The average molecular weight is 325 g/mol. The summed E-state index contributed by atoms with van der Waals surface area (Å²) in [6.07, 6.45) is 0. The lowest BCUT2D eigenvalue weighted by atomic mass is 9.74. The standard InChI is InChI=1S/C24H23N/c1-23(2)17-12-8-7-11-16(17)21-22(23)20-15-10-6-5-9-14(15)19(25)13-18(20)24(21,3)4/h5-13H,25H2,1-4H3. The third-order valence-corrected chi connectivity index (χ3v) is 6.37. The summed E-state index contributed by atoms with van der Waals surface area (Å²) >= 11 is 0. The highest BCUT2D eigenvalue weighted by Crippen LogP contribution is 2.63. The van der Waals surface area contributed by atoms with Gasteiger partial charge in [-0.25, -0.2) is 0 Å². The van der Waals surface area contributed by atoms with Crippen molar-refractivity contribution < 1.29 is 0 Å². The van der Waals surface area contributed by atoms with E-state index >= 15 is 0 Å². The molecular weight excluding hydrogens is 302 g/mol. The van der Waals surface area contributed by atoms with Crippen LogP contribution in [0.5, 0.6) is 0 Å². The van der Waals surface area contributed by atoms with Crippen LogP contribution in [0.3, 0.4) is 0 Å². The molecule has 2 aliphatic carbocycles. The molecule has 3 aromatic carbocycles. The van der Waals surface area contributed by atoms with Gasteiger partial charge in [0.2, 0.25) is 0 Å². The Morgan fingerprint density at radius 1 is 0.680 bits per heavy atom. The second-order valence-corrected chi connectivity index (χ2v) is 8.48. The summed E-state index contributed by atoms with van der Waals surface area (Å²) in [5.74, 6) is 0. The average Bonchev–Trinajstić information content (AvgIpc) is 2.97. The predicted octanol–water partition coefficient (Wildman–Crippen LogP) is 5.92. The summed E-state index contributed by atoms with van der Waals surface area (Å²) in [5, 5.41) is 2.45. The van der Waals surface area contributed by atoms with Crippen molar-refractivity contribution in [3.8, 4) is 0 Å². The number of hydrogen-bond acceptors (Lipinski definition) is 1. The fraction of sp³-hybridized carbons (Fsp3) is 0.250. The zero-order chi connectivity index (χ0) is 17.6. The van der Waals surface area contributed by atoms with Gasteiger partial charge in [0.1, 0.15) is 0 Å². The predicted molar refractivity (Wildman–Crippen MR) is 108 cm³/mol. The monoisotopic (exact) mass is 325 g/mol. The molecule has 3 aromatic rings. The van der Waals surface area contributed by atoms with E-state index in [1.165, 1.54) is 38.8 Å². The summed E-state index contributed by atoms with van der Waals surface area (Å²) in [6, 6.07) is 19.7. The minimum atomic E-state index is -0.0350. The van der Waals surface area contributed by atoms with Crippen LogP contribution in [-0.4, -0.2) is 0 Å². The van der Waals surface area contributed by atoms with Crippen molar-refractivity contribution >= 4 is 27.6 Å². The molecule has 124 valence electrons. The second-order valence-electron chi connectivity index (χ2n) is 8.48. The molecule has 0 aliphatic heterocycles. The molecule has 1 nitrogen and oxygen atoms in total. The van der Waals surface area contributed by atoms with Crippen LogP contribution in [0.2, 0.25) is 0 Å². The number of rotatable bonds is 0. The molecule has 0 heterocycles. The van der Waals surface area contributed by atoms with Crippen molar-refractivity contribution in [1.82, 2.24) is 0 Å². The van der Waals surface area contributed by atoms with E-state index in [1.807, 2.05) is 0 Å². The minimum absolute atomic E-state index is 0.00728. The first-order chi connectivity index (χ1) is 11.8. The van der Waals surface area contributed by atoms with E-state index in [-0.39, 0.29) is 10.8 Å². The van der Waals surface area contributed by atoms with Gasteiger partial charge in [0.05, 0.1) is 0 Å². The number of nitrogens with two attached hydrogens (primary N) is 1. The summed E-state index contributed by atoms with van der Waals surface area (Å²) < 4.78 is 0. The first-order valence-electron chi connectivity index (χ1n) is 9.02. The van der Waals surface area contributed by atoms with Crippen molar-refractivity contribution in [3.63, 3.8) is 0 Å². The third-order valence-electron chi connectivity index (χ3n) is 6.37. The topological polar surface area (TPSA) is 26.0 Å². The SMILES string of the molecule is CC1(C)C2=C(c3ccccc31)C(C)(C)c1cc(N)c3ccccc3c12. The van der Waals surface area contributed by atoms with Crippen LogP contribution in [-0.2, 0) is 10.8 Å². The van der Waals surface area contributed by atoms with Crippen LogP contribution in [0.4, 0.5) is 5.69 Å². The van der Waals surface area contributed by atoms with Gasteiger partial charge in [0.25, 0.3) is 0 Å². The summed E-state index contributed by atoms with van der Waals surface area (Å²) in [5.41, 5.74) is 15.9. The first kappa shape index (κ1) is 14.8. The largest absolute Gasteiger partial charge is 0.398 e. The Bertz CT molecular complexity index is 1100. The van der Waals surface area contributed by atoms with Gasteiger partial charge in [-0.15, -0.1) is 0 Å². The number of hydrogen-bond donors (Lipinski definition) is 1. The fourth-order valence-electron chi connectivity index (χ4n) is 5.21. The van der Waals surface area contributed by atoms with Crippen LogP contribution in [0.15, 0.2) is 54.6 Å². The highest BCUT2D eigenvalue weighted by atomic mass is 14.6. The Labute approximate surface area is 149 Å². The van der Waals surface area contributed by atoms with Crippen molar-refractivity contribution in [3.05, 3.63) is 76.9 Å². The summed E-state index contributed by atoms with van der Waals surface area (Å²) in [4.78, 5) is 0. The second kappa shape index (κ2) is 4.35. The van der Waals surface area contributed by atoms with Gasteiger partial charge in [0, 0.05) is 21.9 Å². The van der Waals surface area contributed by atoms with E-state index in [0.717, 1.165) is 11.1 Å². The molecule has 0 fully saturated rings. The Hall–Kier alpha value is -2.54. The number of anilines is 1. The van der Waals surface area contributed by atoms with Crippen LogP contribution < -0.4 is 5.73 Å². The van der Waals surface area contributed by atoms with E-state index in [4.69, 9.17) is 5.73 Å². The first-order valence-corrected chi connectivity index (χ1v) is 9.02. The highest BCUT2D eigenvalue weighted by molar-refractivity contribution is 6.16. The van der Waals surface area contributed by atoms with Crippen LogP contribution in [0, 0.1) is 0 Å². The van der Waals surface area contributed by atoms with E-state index in [1.54, 1.807) is 0 Å². The van der Waals surface area contributed by atoms with Crippen LogP contribution in [0.25, 0.3) is 21.9 Å². The lowest BCUT2D eigenvalue weighted by Crippen LogP contribution is -2.19. The molecule has 1 heteroatoms. The molecule has 0 saturated heterocycles. The third kappa shape index (κ3) is 1.59. The van der Waals surface area contributed by atoms with E-state index in [9.17, 15) is 0 Å². The lowest BCUT2D eigenvalue weighted by Gasteiger charge is -2.29. The van der Waals surface area contributed by atoms with Crippen molar-refractivity contribution in [2.24, 2.45) is 0 Å². The Morgan fingerprint density at radius 3 is 2.04 bits per heavy atom. The molecule has 0 amide bonds. The molecule has 0 radical (unpaired) electrons. The summed E-state index contributed by atoms with van der Waals surface area (Å²) in [6.45, 7) is 9.43. The molecule has 2 aliphatic rings. The molecule has 0 unspecified atom stereocenters. The zero-order valence-corrected chi connectivity index (χ0v) is 15.3. The highest BCUT2D eigenvalue weighted by Gasteiger charge is 2.50. The number of nitrogen functional groups attached to an aromatic ring is 1. The van der Waals surface area contributed by atoms with Gasteiger partial charge < -0.3 is 5.73 Å². The number of benzene rings is 3. The molecule has 0 bridgehead atoms. The van der Waals surface area contributed by atoms with E-state index in [2.05, 4.69) is 82.3 Å². The molecule has 5 rings (SSSR count). The van der Waals surface area contributed by atoms with Crippen molar-refractivity contribution in [2.45, 2.75) is 38.5 Å². The minimum Gasteiger partial charge on any atom is -0.398 e. The van der Waals surface area contributed by atoms with Gasteiger partial charge in [0.15, 0.2) is 0 Å². The lowest BCUT2D eigenvalue weighted by molar-refractivity contribution is 0.696. The maximum atomic E-state index is 6.44. The van der Waals surface area contributed by atoms with Crippen molar-refractivity contribution in [1.29, 1.82) is 0 Å². The Kier molecular flexibility index (Phi) is 2.57. The normalized spacial score (nSPS) is 19.0. The number of fused-ring (bicyclic) bond motifs is 6. The van der Waals surface area contributed by atoms with Gasteiger partial charge in [-0.2, -0.15) is 0 Å². The Morgan fingerprint density at radius 2 is 1.28 bits per heavy atom. The smallest absolute Gasteiger partial charge is 0.0397 e. The molecule has 0 aromatic heterocycles. The molecule has 2 N–H and O–H groups in total. The molecule has 0 atom stereocenters. The van der Waals surface area contributed by atoms with Gasteiger partial charge >= 0.3 is 0 Å². The van der Waals surface area contributed by atoms with E-state index in [0.29, 0.717) is 0 Å². The fourth-order valence-corrected chi connectivity index (χ4v) is 5.21. The van der Waals surface area contributed by atoms with Gasteiger partial charge in [-0.05, 0) is 44.9 Å². The molecule has 0 saturated carbocycles. The molecular formula is C24H23N. The quantitative estimate of drug-likeness (QED) is 0.510. The maximum absolute atomic E-state index is 6.44. The van der Waals surface area contributed by atoms with E-state index < -0.39 is 0 Å². The van der Waals surface area contributed by atoms with Crippen LogP contribution in [0.1, 0.15) is 49.9 Å². The molecule has 0 spiro atoms. The molecule has 25 heavy (non-hydrogen) atoms. The maximum Gasteiger partial charge on any atom is 0.0397 e. The zero-order valence-electron chi connectivity index (χ0n) is 15.3. The Balaban J connectivity index is 1.98. The summed E-state index contributed by atoms with van der Waals surface area (Å²) in [7, 11) is 0. The van der Waals surface area contributed by atoms with Gasteiger partial charge in [-0.3, -0.25) is 0 Å².